The molecule has 5 aliphatic heterocycles. The lowest BCUT2D eigenvalue weighted by atomic mass is 9.72. The number of carbonyl (C=O) groups is 3. The number of rotatable bonds is 24. The lowest BCUT2D eigenvalue weighted by Gasteiger charge is -2.50. The molecular formula is C76H145ClN4O7. The molecule has 5 heterocycles. The van der Waals surface area contributed by atoms with Crippen LogP contribution in [0.1, 0.15) is 398 Å². The highest BCUT2D eigenvalue weighted by Gasteiger charge is 2.64. The van der Waals surface area contributed by atoms with Crippen molar-refractivity contribution in [1.82, 2.24) is 20.9 Å². The average molecular weight is 1260 g/mol. The van der Waals surface area contributed by atoms with Gasteiger partial charge < -0.3 is 40.2 Å². The molecule has 0 aromatic heterocycles. The molecule has 2 aliphatic carbocycles. The molecule has 1 atom stereocenters. The predicted octanol–water partition coefficient (Wildman–Crippen LogP) is 21.1. The number of nitrogens with zero attached hydrogens (tertiary/aromatic N) is 1. The Balaban J connectivity index is 0.000000318. The number of amides is 2. The Labute approximate surface area is 548 Å². The van der Waals surface area contributed by atoms with Gasteiger partial charge in [-0.3, -0.25) is 14.4 Å². The quantitative estimate of drug-likeness (QED) is 0.0422. The van der Waals surface area contributed by atoms with Crippen molar-refractivity contribution in [1.29, 1.82) is 0 Å². The molecule has 7 rings (SSSR count). The average Bonchev–Trinajstić information content (AvgIpc) is 1.67. The maximum atomic E-state index is 14.0. The van der Waals surface area contributed by atoms with E-state index in [2.05, 4.69) is 99.0 Å². The van der Waals surface area contributed by atoms with Gasteiger partial charge in [0.2, 0.25) is 0 Å². The summed E-state index contributed by atoms with van der Waals surface area (Å²) in [7, 11) is 0. The summed E-state index contributed by atoms with van der Waals surface area (Å²) in [5.74, 6) is -0.0428. The minimum absolute atomic E-state index is 0.0171. The number of hydrogen-bond donors (Lipinski definition) is 4. The van der Waals surface area contributed by atoms with Gasteiger partial charge in [-0.25, -0.2) is 0 Å². The summed E-state index contributed by atoms with van der Waals surface area (Å²) >= 11 is 5.27. The summed E-state index contributed by atoms with van der Waals surface area (Å²) in [6.45, 7) is 27.6. The van der Waals surface area contributed by atoms with E-state index in [0.717, 1.165) is 83.7 Å². The van der Waals surface area contributed by atoms with E-state index in [1.54, 1.807) is 0 Å². The van der Waals surface area contributed by atoms with Gasteiger partial charge in [-0.05, 0) is 107 Å². The summed E-state index contributed by atoms with van der Waals surface area (Å²) in [6.07, 6.45) is 60.8. The van der Waals surface area contributed by atoms with Crippen molar-refractivity contribution < 1.29 is 33.7 Å². The monoisotopic (exact) mass is 1260 g/mol. The van der Waals surface area contributed by atoms with Gasteiger partial charge in [0.25, 0.3) is 11.8 Å². The maximum Gasteiger partial charge on any atom is 0.305 e. The molecule has 0 bridgehead atoms. The summed E-state index contributed by atoms with van der Waals surface area (Å²) in [4.78, 5) is 40.5. The van der Waals surface area contributed by atoms with Gasteiger partial charge in [-0.1, -0.05) is 259 Å². The normalized spacial score (nSPS) is 24.2. The molecule has 2 amide bonds. The number of piperidine rings is 2. The Bertz CT molecular complexity index is 1770. The van der Waals surface area contributed by atoms with Crippen LogP contribution in [0, 0.1) is 0 Å². The molecule has 0 aromatic carbocycles. The summed E-state index contributed by atoms with van der Waals surface area (Å²) in [6, 6.07) is 0. The van der Waals surface area contributed by atoms with Crippen LogP contribution >= 0.6 is 11.6 Å². The maximum absolute atomic E-state index is 14.0. The fraction of sp³-hybridized carbons (Fsp3) is 0.961. The van der Waals surface area contributed by atoms with E-state index in [4.69, 9.17) is 25.8 Å². The Morgan fingerprint density at radius 1 is 0.466 bits per heavy atom. The molecule has 88 heavy (non-hydrogen) atoms. The smallest absolute Gasteiger partial charge is 0.305 e. The van der Waals surface area contributed by atoms with E-state index < -0.39 is 28.6 Å². The first kappa shape index (κ1) is 80.7. The largest absolute Gasteiger partial charge is 0.481 e. The number of halogens is 1. The van der Waals surface area contributed by atoms with Gasteiger partial charge in [-0.2, -0.15) is 0 Å². The molecule has 4 spiro atoms. The van der Waals surface area contributed by atoms with Crippen LogP contribution in [-0.4, -0.2) is 97.7 Å². The number of epoxide rings is 1. The second kappa shape index (κ2) is 42.8. The number of unbranched alkanes of at least 4 members (excludes halogenated alkanes) is 20. The minimum atomic E-state index is -0.867. The molecule has 11 nitrogen and oxygen atoms in total. The Morgan fingerprint density at radius 3 is 1.05 bits per heavy atom. The van der Waals surface area contributed by atoms with Crippen molar-refractivity contribution >= 4 is 29.4 Å². The summed E-state index contributed by atoms with van der Waals surface area (Å²) in [5.41, 5.74) is -3.29. The number of nitrogens with one attached hydrogen (secondary N) is 3. The highest BCUT2D eigenvalue weighted by Crippen LogP contribution is 2.51. The van der Waals surface area contributed by atoms with E-state index in [0.29, 0.717) is 24.8 Å². The first-order valence-corrected chi connectivity index (χ1v) is 38.5. The minimum Gasteiger partial charge on any atom is -0.481 e. The fourth-order valence-corrected chi connectivity index (χ4v) is 16.4. The van der Waals surface area contributed by atoms with Gasteiger partial charge in [0.1, 0.15) is 11.4 Å². The highest BCUT2D eigenvalue weighted by atomic mass is 35.5. The molecule has 5 saturated heterocycles. The van der Waals surface area contributed by atoms with Crippen LogP contribution in [0.2, 0.25) is 0 Å². The lowest BCUT2D eigenvalue weighted by Crippen LogP contribution is -2.65. The van der Waals surface area contributed by atoms with Crippen LogP contribution in [0.15, 0.2) is 0 Å². The van der Waals surface area contributed by atoms with Crippen LogP contribution < -0.4 is 16.0 Å². The van der Waals surface area contributed by atoms with Gasteiger partial charge in [0, 0.05) is 54.4 Å². The van der Waals surface area contributed by atoms with Crippen molar-refractivity contribution in [3.05, 3.63) is 0 Å². The fourth-order valence-electron chi connectivity index (χ4n) is 16.2. The molecule has 0 radical (unpaired) electrons. The molecule has 2 saturated carbocycles. The number of carboxylic acids is 1. The molecule has 12 heteroatoms. The van der Waals surface area contributed by atoms with E-state index >= 15 is 0 Å². The summed E-state index contributed by atoms with van der Waals surface area (Å²) < 4.78 is 18.5. The molecular weight excluding hydrogens is 1120 g/mol. The zero-order chi connectivity index (χ0) is 64.9. The van der Waals surface area contributed by atoms with Crippen molar-refractivity contribution in [2.45, 2.75) is 449 Å². The standard InChI is InChI=1S/C25H44N2O4.C22H40N2O2.C14H30.C12H26.C3H5ClO/c1-22(2)18-24(19-23(3,4)26-22)21(30)27(17-14-20(28)29)25(31-24)15-12-10-8-6-5-7-9-11-13-16-25;1-19(2)16-21(17-20(3,4)24-19)18(25)23-22(26-21)14-12-10-8-6-5-7-9-11-13-15-22;1-3-5-7-9-11-13-14-12-10-8-6-4-2;1-3-5-7-9-11-12-10-8-6-4-2;4-1-3-2-5-3/h26H,5-19H2,1-4H3,(H,28,29);24H,5-17H2,1-4H3,(H,23,25);3-14H2,1-2H3;3-12H2,1-2H3;3H,1-2H2. The third kappa shape index (κ3) is 32.1. The molecule has 7 aliphatic rings. The number of carboxylic acid groups (broad SMARTS) is 1. The molecule has 4 N–H and O–H groups in total. The van der Waals surface area contributed by atoms with E-state index in [1.165, 1.54) is 218 Å². The van der Waals surface area contributed by atoms with Gasteiger partial charge >= 0.3 is 5.97 Å². The van der Waals surface area contributed by atoms with Crippen LogP contribution in [-0.2, 0) is 28.6 Å². The molecule has 1 unspecified atom stereocenters. The van der Waals surface area contributed by atoms with Crippen molar-refractivity contribution in [2.24, 2.45) is 0 Å². The van der Waals surface area contributed by atoms with E-state index in [9.17, 15) is 19.5 Å². The number of aliphatic carboxylic acids is 1. The number of carbonyl (C=O) groups excluding carboxylic acids is 2. The van der Waals surface area contributed by atoms with Gasteiger partial charge in [0.15, 0.2) is 11.2 Å². The molecule has 518 valence electrons. The van der Waals surface area contributed by atoms with Crippen LogP contribution in [0.5, 0.6) is 0 Å². The van der Waals surface area contributed by atoms with Gasteiger partial charge in [0.05, 0.1) is 25.0 Å². The number of alkyl halides is 1. The van der Waals surface area contributed by atoms with Crippen molar-refractivity contribution in [3.8, 4) is 0 Å². The van der Waals surface area contributed by atoms with Crippen LogP contribution in [0.4, 0.5) is 0 Å². The highest BCUT2D eigenvalue weighted by molar-refractivity contribution is 6.18. The summed E-state index contributed by atoms with van der Waals surface area (Å²) in [5, 5.41) is 20.1. The zero-order valence-electron chi connectivity index (χ0n) is 60.1. The first-order valence-electron chi connectivity index (χ1n) is 37.9. The SMILES string of the molecule is CC1(C)CC2(CC(C)(C)N1)OC1(CCCCCCCCCCC1)N(CCC(=O)O)C2=O.CC1(C)CC2(CC(C)(C)N1)OC1(CCCCCCCCCCC1)NC2=O.CCCCCCCCCCCC.CCCCCCCCCCCCCC.ClCC1CO1. The zero-order valence-corrected chi connectivity index (χ0v) is 60.8. The third-order valence-corrected chi connectivity index (χ3v) is 20.1. The van der Waals surface area contributed by atoms with Crippen LogP contribution in [0.3, 0.4) is 0 Å². The number of ether oxygens (including phenoxy) is 3. The Morgan fingerprint density at radius 2 is 0.761 bits per heavy atom. The lowest BCUT2D eigenvalue weighted by molar-refractivity contribution is -0.177. The Hall–Kier alpha value is -1.50. The van der Waals surface area contributed by atoms with E-state index in [1.807, 2.05) is 4.90 Å². The predicted molar refractivity (Wildman–Crippen MR) is 373 cm³/mol. The molecule has 0 aromatic rings. The van der Waals surface area contributed by atoms with Crippen molar-refractivity contribution in [2.75, 3.05) is 19.0 Å². The van der Waals surface area contributed by atoms with Crippen molar-refractivity contribution in [3.63, 3.8) is 0 Å². The second-order valence-corrected chi connectivity index (χ2v) is 31.8. The van der Waals surface area contributed by atoms with E-state index in [-0.39, 0.29) is 46.9 Å². The Kier molecular flexibility index (Phi) is 39.2. The van der Waals surface area contributed by atoms with Crippen LogP contribution in [0.25, 0.3) is 0 Å². The first-order chi connectivity index (χ1) is 41.9. The second-order valence-electron chi connectivity index (χ2n) is 31.5. The molecule has 7 fully saturated rings. The van der Waals surface area contributed by atoms with Gasteiger partial charge in [-0.15, -0.1) is 11.6 Å². The topological polar surface area (TPSA) is 142 Å². The number of hydrogen-bond acceptors (Lipinski definition) is 8. The third-order valence-electron chi connectivity index (χ3n) is 19.8.